The van der Waals surface area contributed by atoms with Gasteiger partial charge in [-0.1, -0.05) is 48.4 Å². The lowest BCUT2D eigenvalue weighted by Gasteiger charge is -2.11. The van der Waals surface area contributed by atoms with Crippen LogP contribution in [0.1, 0.15) is 30.4 Å². The molecule has 3 aromatic rings. The molecule has 0 saturated heterocycles. The highest BCUT2D eigenvalue weighted by Gasteiger charge is 2.16. The highest BCUT2D eigenvalue weighted by atomic mass is 19.1. The van der Waals surface area contributed by atoms with Crippen LogP contribution < -0.4 is 0 Å². The normalized spacial score (nSPS) is 11.0. The van der Waals surface area contributed by atoms with Crippen LogP contribution >= 0.6 is 0 Å². The number of rotatable bonds is 7. The van der Waals surface area contributed by atoms with Crippen LogP contribution in [-0.4, -0.2) is 6.67 Å². The third-order valence-electron chi connectivity index (χ3n) is 4.82. The minimum absolute atomic E-state index is 0.160. The van der Waals surface area contributed by atoms with Gasteiger partial charge in [0.15, 0.2) is 0 Å². The van der Waals surface area contributed by atoms with Crippen molar-refractivity contribution in [1.29, 1.82) is 0 Å². The lowest BCUT2D eigenvalue weighted by Crippen LogP contribution is -1.96. The first-order valence-corrected chi connectivity index (χ1v) is 9.40. The molecule has 0 unspecified atom stereocenters. The molecule has 0 atom stereocenters. The van der Waals surface area contributed by atoms with Crippen molar-refractivity contribution in [1.82, 2.24) is 0 Å². The Bertz CT molecular complexity index is 922. The zero-order chi connectivity index (χ0) is 20.1. The maximum absolute atomic E-state index is 14.6. The predicted octanol–water partition coefficient (Wildman–Crippen LogP) is 7.43. The van der Waals surface area contributed by atoms with Crippen molar-refractivity contribution in [3.8, 4) is 22.3 Å². The fourth-order valence-electron chi connectivity index (χ4n) is 3.28. The van der Waals surface area contributed by atoms with E-state index < -0.39 is 17.5 Å². The van der Waals surface area contributed by atoms with Crippen LogP contribution in [0.25, 0.3) is 22.3 Å². The van der Waals surface area contributed by atoms with E-state index in [4.69, 9.17) is 0 Å². The van der Waals surface area contributed by atoms with Crippen LogP contribution in [0.4, 0.5) is 17.6 Å². The number of hydrogen-bond donors (Lipinski definition) is 0. The van der Waals surface area contributed by atoms with Crippen molar-refractivity contribution >= 4 is 0 Å². The number of halogens is 4. The number of hydrogen-bond acceptors (Lipinski definition) is 0. The van der Waals surface area contributed by atoms with E-state index in [0.29, 0.717) is 42.4 Å². The summed E-state index contributed by atoms with van der Waals surface area (Å²) in [5.41, 5.74) is 2.60. The van der Waals surface area contributed by atoms with Crippen LogP contribution in [0.3, 0.4) is 0 Å². The summed E-state index contributed by atoms with van der Waals surface area (Å²) in [7, 11) is 0. The number of unbranched alkanes of at least 4 members (excludes halogenated alkanes) is 2. The summed E-state index contributed by atoms with van der Waals surface area (Å²) in [5, 5.41) is 0. The van der Waals surface area contributed by atoms with Gasteiger partial charge in [0.1, 0.15) is 17.5 Å². The molecule has 0 aromatic heterocycles. The Labute approximate surface area is 162 Å². The molecule has 0 fully saturated rings. The summed E-state index contributed by atoms with van der Waals surface area (Å²) >= 11 is 0. The minimum atomic E-state index is -0.719. The van der Waals surface area contributed by atoms with Gasteiger partial charge in [0.2, 0.25) is 0 Å². The molecular formula is C24H22F4. The van der Waals surface area contributed by atoms with Gasteiger partial charge in [0.25, 0.3) is 0 Å². The fraction of sp³-hybridized carbons (Fsp3) is 0.250. The maximum atomic E-state index is 14.6. The first-order valence-electron chi connectivity index (χ1n) is 9.40. The number of aryl methyl sites for hydroxylation is 2. The molecule has 0 radical (unpaired) electrons. The fourth-order valence-corrected chi connectivity index (χ4v) is 3.28. The van der Waals surface area contributed by atoms with E-state index in [0.717, 1.165) is 11.6 Å². The molecule has 0 N–H and O–H groups in total. The topological polar surface area (TPSA) is 0 Å². The Morgan fingerprint density at radius 2 is 1.32 bits per heavy atom. The summed E-state index contributed by atoms with van der Waals surface area (Å²) in [4.78, 5) is 0. The van der Waals surface area contributed by atoms with Crippen LogP contribution in [0.2, 0.25) is 0 Å². The molecule has 0 saturated carbocycles. The Kier molecular flexibility index (Phi) is 6.50. The van der Waals surface area contributed by atoms with E-state index in [-0.39, 0.29) is 17.8 Å². The summed E-state index contributed by atoms with van der Waals surface area (Å²) in [6.07, 6.45) is 2.28. The van der Waals surface area contributed by atoms with Gasteiger partial charge in [-0.15, -0.1) is 0 Å². The van der Waals surface area contributed by atoms with Crippen molar-refractivity contribution < 1.29 is 17.6 Å². The van der Waals surface area contributed by atoms with Gasteiger partial charge >= 0.3 is 0 Å². The van der Waals surface area contributed by atoms with E-state index in [1.54, 1.807) is 6.07 Å². The van der Waals surface area contributed by atoms with Crippen LogP contribution in [0, 0.1) is 24.4 Å². The number of benzene rings is 3. The van der Waals surface area contributed by atoms with Gasteiger partial charge in [-0.05, 0) is 61.1 Å². The quantitative estimate of drug-likeness (QED) is 0.293. The van der Waals surface area contributed by atoms with Crippen LogP contribution in [0.15, 0.2) is 54.6 Å². The largest absolute Gasteiger partial charge is 0.251 e. The lowest BCUT2D eigenvalue weighted by atomic mass is 9.96. The van der Waals surface area contributed by atoms with Crippen molar-refractivity contribution in [2.75, 3.05) is 6.67 Å². The molecule has 0 heterocycles. The summed E-state index contributed by atoms with van der Waals surface area (Å²) in [6.45, 7) is 1.56. The first kappa shape index (κ1) is 20.1. The molecule has 146 valence electrons. The molecule has 0 aliphatic rings. The molecule has 0 spiro atoms. The SMILES string of the molecule is Cc1ccc(-c2ccc(-c3c(F)cc(CCCCCF)cc3F)cc2F)cc1. The molecule has 0 nitrogen and oxygen atoms in total. The van der Waals surface area contributed by atoms with Crippen molar-refractivity contribution in [3.05, 3.63) is 83.2 Å². The first-order chi connectivity index (χ1) is 13.5. The standard InChI is InChI=1S/C24H22F4/c1-16-6-8-18(9-7-16)20-11-10-19(15-21(20)26)24-22(27)13-17(14-23(24)28)5-3-2-4-12-25/h6-11,13-15H,2-5,12H2,1H3. The van der Waals surface area contributed by atoms with E-state index >= 15 is 0 Å². The second-order valence-corrected chi connectivity index (χ2v) is 6.99. The Balaban J connectivity index is 1.87. The third-order valence-corrected chi connectivity index (χ3v) is 4.82. The monoisotopic (exact) mass is 386 g/mol. The highest BCUT2D eigenvalue weighted by Crippen LogP contribution is 2.32. The molecular weight excluding hydrogens is 364 g/mol. The second kappa shape index (κ2) is 9.05. The Morgan fingerprint density at radius 1 is 0.679 bits per heavy atom. The molecule has 3 aromatic carbocycles. The van der Waals surface area contributed by atoms with Crippen molar-refractivity contribution in [2.24, 2.45) is 0 Å². The van der Waals surface area contributed by atoms with E-state index in [9.17, 15) is 17.6 Å². The predicted molar refractivity (Wildman–Crippen MR) is 105 cm³/mol. The molecule has 0 bridgehead atoms. The second-order valence-electron chi connectivity index (χ2n) is 6.99. The van der Waals surface area contributed by atoms with Crippen LogP contribution in [0.5, 0.6) is 0 Å². The molecule has 0 aliphatic heterocycles. The number of alkyl halides is 1. The van der Waals surface area contributed by atoms with Gasteiger partial charge < -0.3 is 0 Å². The van der Waals surface area contributed by atoms with Gasteiger partial charge in [0, 0.05) is 5.56 Å². The molecule has 0 amide bonds. The molecule has 28 heavy (non-hydrogen) atoms. The summed E-state index contributed by atoms with van der Waals surface area (Å²) < 4.78 is 55.9. The van der Waals surface area contributed by atoms with Crippen molar-refractivity contribution in [3.63, 3.8) is 0 Å². The van der Waals surface area contributed by atoms with Gasteiger partial charge in [-0.3, -0.25) is 4.39 Å². The van der Waals surface area contributed by atoms with Gasteiger partial charge in [0.05, 0.1) is 12.2 Å². The average Bonchev–Trinajstić information content (AvgIpc) is 2.66. The van der Waals surface area contributed by atoms with Crippen LogP contribution in [-0.2, 0) is 6.42 Å². The van der Waals surface area contributed by atoms with E-state index in [2.05, 4.69) is 0 Å². The molecule has 3 rings (SSSR count). The zero-order valence-electron chi connectivity index (χ0n) is 15.7. The van der Waals surface area contributed by atoms with Crippen molar-refractivity contribution in [2.45, 2.75) is 32.6 Å². The summed E-state index contributed by atoms with van der Waals surface area (Å²) in [6, 6.07) is 14.2. The zero-order valence-corrected chi connectivity index (χ0v) is 15.7. The van der Waals surface area contributed by atoms with E-state index in [1.165, 1.54) is 18.2 Å². The summed E-state index contributed by atoms with van der Waals surface area (Å²) in [5.74, 6) is -1.97. The smallest absolute Gasteiger partial charge is 0.134 e. The third kappa shape index (κ3) is 4.61. The minimum Gasteiger partial charge on any atom is -0.251 e. The highest BCUT2D eigenvalue weighted by molar-refractivity contribution is 5.72. The van der Waals surface area contributed by atoms with E-state index in [1.807, 2.05) is 31.2 Å². The Hall–Kier alpha value is -2.62. The average molecular weight is 386 g/mol. The Morgan fingerprint density at radius 3 is 1.93 bits per heavy atom. The van der Waals surface area contributed by atoms with Gasteiger partial charge in [-0.2, -0.15) is 0 Å². The lowest BCUT2D eigenvalue weighted by molar-refractivity contribution is 0.456. The molecule has 0 aliphatic carbocycles. The molecule has 4 heteroatoms. The van der Waals surface area contributed by atoms with Gasteiger partial charge in [-0.25, -0.2) is 13.2 Å². The maximum Gasteiger partial charge on any atom is 0.134 e.